The molecule has 0 fully saturated rings. The van der Waals surface area contributed by atoms with E-state index in [0.717, 1.165) is 5.56 Å². The summed E-state index contributed by atoms with van der Waals surface area (Å²) in [6, 6.07) is 9.33. The minimum absolute atomic E-state index is 0.298. The van der Waals surface area contributed by atoms with E-state index in [2.05, 4.69) is 0 Å². The van der Waals surface area contributed by atoms with Gasteiger partial charge in [-0.2, -0.15) is 0 Å². The summed E-state index contributed by atoms with van der Waals surface area (Å²) >= 11 is 0. The summed E-state index contributed by atoms with van der Waals surface area (Å²) in [6.45, 7) is -0.298. The van der Waals surface area contributed by atoms with E-state index in [1.54, 1.807) is 0 Å². The summed E-state index contributed by atoms with van der Waals surface area (Å²) in [7, 11) is 1.51. The van der Waals surface area contributed by atoms with Crippen molar-refractivity contribution in [3.05, 3.63) is 35.9 Å². The van der Waals surface area contributed by atoms with Crippen LogP contribution in [0.5, 0.6) is 0 Å². The molecule has 2 N–H and O–H groups in total. The molecule has 2 unspecified atom stereocenters. The highest BCUT2D eigenvalue weighted by Gasteiger charge is 2.19. The summed E-state index contributed by atoms with van der Waals surface area (Å²) in [5, 5.41) is 18.2. The fourth-order valence-electron chi connectivity index (χ4n) is 1.25. The van der Waals surface area contributed by atoms with Gasteiger partial charge in [-0.1, -0.05) is 30.3 Å². The van der Waals surface area contributed by atoms with E-state index in [1.165, 1.54) is 7.11 Å². The summed E-state index contributed by atoms with van der Waals surface area (Å²) in [4.78, 5) is 0. The second-order valence-electron chi connectivity index (χ2n) is 2.82. The molecular weight excluding hydrogens is 168 g/mol. The van der Waals surface area contributed by atoms with Crippen LogP contribution in [-0.2, 0) is 4.74 Å². The zero-order chi connectivity index (χ0) is 9.68. The van der Waals surface area contributed by atoms with Crippen LogP contribution in [-0.4, -0.2) is 30.0 Å². The van der Waals surface area contributed by atoms with Gasteiger partial charge in [0.25, 0.3) is 0 Å². The van der Waals surface area contributed by atoms with Crippen LogP contribution in [0, 0.1) is 0 Å². The molecule has 13 heavy (non-hydrogen) atoms. The average Bonchev–Trinajstić information content (AvgIpc) is 2.20. The zero-order valence-corrected chi connectivity index (χ0v) is 7.55. The minimum atomic E-state index is -0.868. The van der Waals surface area contributed by atoms with Gasteiger partial charge >= 0.3 is 0 Å². The molecule has 0 saturated carbocycles. The van der Waals surface area contributed by atoms with Gasteiger partial charge in [0.05, 0.1) is 6.61 Å². The molecular formula is C10H14O3. The van der Waals surface area contributed by atoms with Crippen LogP contribution in [0.4, 0.5) is 0 Å². The predicted octanol–water partition coefficient (Wildman–Crippen LogP) is 0.727. The molecule has 0 amide bonds. The van der Waals surface area contributed by atoms with E-state index >= 15 is 0 Å². The molecule has 3 heteroatoms. The van der Waals surface area contributed by atoms with Crippen LogP contribution in [0.15, 0.2) is 30.3 Å². The number of methoxy groups -OCH3 is 1. The monoisotopic (exact) mass is 182 g/mol. The Balaban J connectivity index is 2.78. The highest BCUT2D eigenvalue weighted by molar-refractivity contribution is 5.18. The van der Waals surface area contributed by atoms with Crippen molar-refractivity contribution in [3.8, 4) is 0 Å². The van der Waals surface area contributed by atoms with E-state index < -0.39 is 12.2 Å². The van der Waals surface area contributed by atoms with Crippen LogP contribution in [0.3, 0.4) is 0 Å². The Hall–Kier alpha value is -0.900. The Bertz CT molecular complexity index is 235. The highest BCUT2D eigenvalue weighted by Crippen LogP contribution is 2.19. The standard InChI is InChI=1S/C10H14O3/c1-13-10(9(12)7-11)8-5-3-2-4-6-8/h2-6,9-12H,7H2,1H3. The molecule has 0 aliphatic carbocycles. The average molecular weight is 182 g/mol. The molecule has 1 aromatic rings. The van der Waals surface area contributed by atoms with Gasteiger partial charge in [-0.3, -0.25) is 0 Å². The number of benzene rings is 1. The molecule has 2 atom stereocenters. The van der Waals surface area contributed by atoms with E-state index in [1.807, 2.05) is 30.3 Å². The third-order valence-electron chi connectivity index (χ3n) is 1.92. The first-order valence-corrected chi connectivity index (χ1v) is 4.16. The van der Waals surface area contributed by atoms with Gasteiger partial charge in [-0.25, -0.2) is 0 Å². The molecule has 0 saturated heterocycles. The van der Waals surface area contributed by atoms with Crippen molar-refractivity contribution in [2.24, 2.45) is 0 Å². The van der Waals surface area contributed by atoms with Crippen molar-refractivity contribution < 1.29 is 14.9 Å². The first-order chi connectivity index (χ1) is 6.29. The Morgan fingerprint density at radius 1 is 1.31 bits per heavy atom. The van der Waals surface area contributed by atoms with Gasteiger partial charge in [-0.05, 0) is 5.56 Å². The smallest absolute Gasteiger partial charge is 0.110 e. The van der Waals surface area contributed by atoms with E-state index in [-0.39, 0.29) is 6.61 Å². The van der Waals surface area contributed by atoms with Crippen LogP contribution >= 0.6 is 0 Å². The summed E-state index contributed by atoms with van der Waals surface area (Å²) < 4.78 is 5.08. The number of hydrogen-bond donors (Lipinski definition) is 2. The maximum absolute atomic E-state index is 9.40. The fourth-order valence-corrected chi connectivity index (χ4v) is 1.25. The van der Waals surface area contributed by atoms with Gasteiger partial charge in [0.2, 0.25) is 0 Å². The molecule has 72 valence electrons. The van der Waals surface area contributed by atoms with Gasteiger partial charge < -0.3 is 14.9 Å². The molecule has 3 nitrogen and oxygen atoms in total. The van der Waals surface area contributed by atoms with Crippen molar-refractivity contribution in [1.82, 2.24) is 0 Å². The summed E-state index contributed by atoms with van der Waals surface area (Å²) in [6.07, 6.45) is -1.32. The number of aliphatic hydroxyl groups excluding tert-OH is 2. The van der Waals surface area contributed by atoms with E-state index in [4.69, 9.17) is 9.84 Å². The lowest BCUT2D eigenvalue weighted by Gasteiger charge is -2.19. The lowest BCUT2D eigenvalue weighted by Crippen LogP contribution is -2.23. The quantitative estimate of drug-likeness (QED) is 0.721. The van der Waals surface area contributed by atoms with E-state index in [0.29, 0.717) is 0 Å². The minimum Gasteiger partial charge on any atom is -0.394 e. The molecule has 1 rings (SSSR count). The molecule has 0 spiro atoms. The zero-order valence-electron chi connectivity index (χ0n) is 7.55. The lowest BCUT2D eigenvalue weighted by molar-refractivity contribution is -0.0392. The number of ether oxygens (including phenoxy) is 1. The van der Waals surface area contributed by atoms with Crippen molar-refractivity contribution >= 4 is 0 Å². The Labute approximate surface area is 77.6 Å². The first-order valence-electron chi connectivity index (χ1n) is 4.16. The second-order valence-corrected chi connectivity index (χ2v) is 2.82. The maximum Gasteiger partial charge on any atom is 0.110 e. The van der Waals surface area contributed by atoms with Crippen molar-refractivity contribution in [1.29, 1.82) is 0 Å². The van der Waals surface area contributed by atoms with Gasteiger partial charge in [0.1, 0.15) is 12.2 Å². The molecule has 0 radical (unpaired) electrons. The summed E-state index contributed by atoms with van der Waals surface area (Å²) in [5.74, 6) is 0. The van der Waals surface area contributed by atoms with Gasteiger partial charge in [-0.15, -0.1) is 0 Å². The third-order valence-corrected chi connectivity index (χ3v) is 1.92. The van der Waals surface area contributed by atoms with Crippen molar-refractivity contribution in [3.63, 3.8) is 0 Å². The van der Waals surface area contributed by atoms with Crippen LogP contribution in [0.2, 0.25) is 0 Å². The Kier molecular flexibility index (Phi) is 3.89. The molecule has 0 aliphatic heterocycles. The van der Waals surface area contributed by atoms with Gasteiger partial charge in [0, 0.05) is 7.11 Å². The number of rotatable bonds is 4. The first kappa shape index (κ1) is 10.2. The number of aliphatic hydroxyl groups is 2. The Morgan fingerprint density at radius 3 is 2.38 bits per heavy atom. The highest BCUT2D eigenvalue weighted by atomic mass is 16.5. The van der Waals surface area contributed by atoms with Crippen LogP contribution in [0.1, 0.15) is 11.7 Å². The molecule has 0 heterocycles. The topological polar surface area (TPSA) is 49.7 Å². The summed E-state index contributed by atoms with van der Waals surface area (Å²) in [5.41, 5.74) is 0.867. The van der Waals surface area contributed by atoms with Crippen LogP contribution < -0.4 is 0 Å². The maximum atomic E-state index is 9.40. The molecule has 1 aromatic carbocycles. The van der Waals surface area contributed by atoms with Crippen LogP contribution in [0.25, 0.3) is 0 Å². The fraction of sp³-hybridized carbons (Fsp3) is 0.400. The number of hydrogen-bond acceptors (Lipinski definition) is 3. The lowest BCUT2D eigenvalue weighted by atomic mass is 10.1. The van der Waals surface area contributed by atoms with Gasteiger partial charge in [0.15, 0.2) is 0 Å². The third kappa shape index (κ3) is 2.52. The molecule has 0 bridgehead atoms. The van der Waals surface area contributed by atoms with Crippen molar-refractivity contribution in [2.45, 2.75) is 12.2 Å². The largest absolute Gasteiger partial charge is 0.394 e. The molecule has 0 aromatic heterocycles. The van der Waals surface area contributed by atoms with E-state index in [9.17, 15) is 5.11 Å². The predicted molar refractivity (Wildman–Crippen MR) is 49.3 cm³/mol. The SMILES string of the molecule is COC(c1ccccc1)C(O)CO. The normalized spacial score (nSPS) is 15.3. The second kappa shape index (κ2) is 4.97. The molecule has 0 aliphatic rings. The van der Waals surface area contributed by atoms with Crippen molar-refractivity contribution in [2.75, 3.05) is 13.7 Å². The Morgan fingerprint density at radius 2 is 1.92 bits per heavy atom.